The summed E-state index contributed by atoms with van der Waals surface area (Å²) in [6.07, 6.45) is 9.64. The number of rotatable bonds is 4. The Morgan fingerprint density at radius 3 is 2.51 bits per heavy atom. The number of carbonyl (C=O) groups is 2. The van der Waals surface area contributed by atoms with Gasteiger partial charge < -0.3 is 15.5 Å². The molecule has 0 radical (unpaired) electrons. The number of anilines is 1. The Bertz CT molecular complexity index is 1740. The zero-order chi connectivity index (χ0) is 30.0. The lowest BCUT2D eigenvalue weighted by molar-refractivity contribution is -0.149. The quantitative estimate of drug-likeness (QED) is 0.459. The number of amides is 2. The van der Waals surface area contributed by atoms with Gasteiger partial charge in [0.25, 0.3) is 0 Å². The molecule has 2 spiro atoms. The van der Waals surface area contributed by atoms with Crippen LogP contribution in [-0.2, 0) is 33.4 Å². The molecule has 2 amide bonds. The molecule has 2 aliphatic carbocycles. The van der Waals surface area contributed by atoms with Gasteiger partial charge in [0.05, 0.1) is 28.1 Å². The molecule has 4 aliphatic rings. The molecule has 7 rings (SSSR count). The van der Waals surface area contributed by atoms with Crippen LogP contribution in [-0.4, -0.2) is 40.3 Å². The first kappa shape index (κ1) is 27.4. The molecule has 2 aromatic carbocycles. The van der Waals surface area contributed by atoms with E-state index in [1.807, 2.05) is 43.3 Å². The minimum atomic E-state index is -0.988. The van der Waals surface area contributed by atoms with Crippen LogP contribution < -0.4 is 10.6 Å². The highest BCUT2D eigenvalue weighted by atomic mass is 19.1. The van der Waals surface area contributed by atoms with Gasteiger partial charge in [-0.1, -0.05) is 37.1 Å². The molecule has 0 bridgehead atoms. The second-order valence-electron chi connectivity index (χ2n) is 12.5. The Labute approximate surface area is 248 Å². The van der Waals surface area contributed by atoms with Crippen LogP contribution in [0.3, 0.4) is 0 Å². The standard InChI is InChI=1S/C34H31F2N5O2/c1-32(25-14-26(35)16-27(36)15-25)20-39-34(8-2-3-9-34)31(43)41(32)11-5-6-21-12-22-17-33(18-23(22)13-24(21)19-37)28-7-4-10-38-29(28)40-30(33)42/h4-7,10,12-16,39H,2-3,8-9,11,17-18,20H2,1H3,(H,38,40,42)/b6-5+/t32-,33-/m0/s1. The summed E-state index contributed by atoms with van der Waals surface area (Å²) in [5, 5.41) is 16.4. The van der Waals surface area contributed by atoms with Crippen molar-refractivity contribution < 1.29 is 18.4 Å². The average Bonchev–Trinajstić information content (AvgIpc) is 3.68. The number of pyridine rings is 1. The Balaban J connectivity index is 1.21. The van der Waals surface area contributed by atoms with Crippen LogP contribution in [0.2, 0.25) is 0 Å². The molecule has 1 saturated heterocycles. The molecule has 2 atom stereocenters. The van der Waals surface area contributed by atoms with Gasteiger partial charge in [-0.25, -0.2) is 13.8 Å². The van der Waals surface area contributed by atoms with Gasteiger partial charge in [0, 0.05) is 30.9 Å². The van der Waals surface area contributed by atoms with E-state index in [0.29, 0.717) is 41.9 Å². The number of hydrogen-bond acceptors (Lipinski definition) is 5. The summed E-state index contributed by atoms with van der Waals surface area (Å²) in [5.74, 6) is -0.959. The first-order chi connectivity index (χ1) is 20.7. The van der Waals surface area contributed by atoms with E-state index in [2.05, 4.69) is 21.7 Å². The molecular formula is C34H31F2N5O2. The van der Waals surface area contributed by atoms with E-state index in [0.717, 1.165) is 48.4 Å². The van der Waals surface area contributed by atoms with Crippen LogP contribution in [0, 0.1) is 23.0 Å². The van der Waals surface area contributed by atoms with Crippen LogP contribution in [0.4, 0.5) is 14.6 Å². The third kappa shape index (κ3) is 4.19. The van der Waals surface area contributed by atoms with Gasteiger partial charge >= 0.3 is 0 Å². The molecule has 43 heavy (non-hydrogen) atoms. The molecule has 7 nitrogen and oxygen atoms in total. The van der Waals surface area contributed by atoms with E-state index in [1.165, 1.54) is 12.1 Å². The fourth-order valence-electron chi connectivity index (χ4n) is 7.63. The number of hydrogen-bond donors (Lipinski definition) is 2. The number of nitriles is 1. The number of fused-ring (bicyclic) bond motifs is 3. The van der Waals surface area contributed by atoms with Crippen molar-refractivity contribution in [2.24, 2.45) is 0 Å². The zero-order valence-electron chi connectivity index (χ0n) is 23.8. The van der Waals surface area contributed by atoms with E-state index < -0.39 is 28.1 Å². The Morgan fingerprint density at radius 1 is 1.07 bits per heavy atom. The molecule has 2 N–H and O–H groups in total. The van der Waals surface area contributed by atoms with Crippen LogP contribution >= 0.6 is 0 Å². The predicted molar refractivity (Wildman–Crippen MR) is 157 cm³/mol. The SMILES string of the molecule is C[C@@]1(c2cc(F)cc(F)c2)CNC2(CCCC2)C(=O)N1C/C=C/c1cc2c(cc1C#N)C[C@]1(C2)C(=O)Nc2ncccc21. The maximum Gasteiger partial charge on any atom is 0.243 e. The number of benzene rings is 2. The van der Waals surface area contributed by atoms with Crippen molar-refractivity contribution in [3.05, 3.63) is 99.8 Å². The van der Waals surface area contributed by atoms with Crippen molar-refractivity contribution in [1.82, 2.24) is 15.2 Å². The molecule has 218 valence electrons. The third-order valence-electron chi connectivity index (χ3n) is 10.0. The van der Waals surface area contributed by atoms with Crippen LogP contribution in [0.25, 0.3) is 6.08 Å². The van der Waals surface area contributed by atoms with Crippen LogP contribution in [0.1, 0.15) is 66.0 Å². The van der Waals surface area contributed by atoms with Crippen molar-refractivity contribution in [2.75, 3.05) is 18.4 Å². The molecule has 1 aromatic heterocycles. The van der Waals surface area contributed by atoms with E-state index in [9.17, 15) is 23.6 Å². The molecular weight excluding hydrogens is 548 g/mol. The van der Waals surface area contributed by atoms with Crippen molar-refractivity contribution in [3.8, 4) is 6.07 Å². The number of aromatic nitrogens is 1. The lowest BCUT2D eigenvalue weighted by atomic mass is 9.79. The normalized spacial score (nSPS) is 25.4. The number of nitrogens with zero attached hydrogens (tertiary/aromatic N) is 3. The molecule has 0 unspecified atom stereocenters. The van der Waals surface area contributed by atoms with Gasteiger partial charge in [0.1, 0.15) is 17.5 Å². The Morgan fingerprint density at radius 2 is 1.79 bits per heavy atom. The average molecular weight is 580 g/mol. The van der Waals surface area contributed by atoms with E-state index in [4.69, 9.17) is 0 Å². The van der Waals surface area contributed by atoms with Crippen molar-refractivity contribution in [1.29, 1.82) is 5.26 Å². The van der Waals surface area contributed by atoms with Gasteiger partial charge in [0.2, 0.25) is 11.8 Å². The summed E-state index contributed by atoms with van der Waals surface area (Å²) in [7, 11) is 0. The first-order valence-corrected chi connectivity index (χ1v) is 14.7. The summed E-state index contributed by atoms with van der Waals surface area (Å²) in [6.45, 7) is 2.39. The molecule has 1 saturated carbocycles. The molecule has 3 heterocycles. The van der Waals surface area contributed by atoms with Crippen molar-refractivity contribution in [3.63, 3.8) is 0 Å². The largest absolute Gasteiger partial charge is 0.327 e. The third-order valence-corrected chi connectivity index (χ3v) is 10.0. The topological polar surface area (TPSA) is 98.1 Å². The highest BCUT2D eigenvalue weighted by Gasteiger charge is 2.53. The lowest BCUT2D eigenvalue weighted by Gasteiger charge is -2.51. The summed E-state index contributed by atoms with van der Waals surface area (Å²) in [4.78, 5) is 33.2. The second-order valence-corrected chi connectivity index (χ2v) is 12.5. The number of piperazine rings is 1. The van der Waals surface area contributed by atoms with Gasteiger partial charge in [-0.2, -0.15) is 5.26 Å². The van der Waals surface area contributed by atoms with E-state index >= 15 is 0 Å². The summed E-state index contributed by atoms with van der Waals surface area (Å²) >= 11 is 0. The fourth-order valence-corrected chi connectivity index (χ4v) is 7.63. The number of carbonyl (C=O) groups excluding carboxylic acids is 2. The highest BCUT2D eigenvalue weighted by Crippen LogP contribution is 2.47. The highest BCUT2D eigenvalue weighted by molar-refractivity contribution is 6.06. The molecule has 9 heteroatoms. The molecule has 3 aromatic rings. The minimum Gasteiger partial charge on any atom is -0.327 e. The zero-order valence-corrected chi connectivity index (χ0v) is 23.8. The summed E-state index contributed by atoms with van der Waals surface area (Å²) in [6, 6.07) is 13.3. The summed E-state index contributed by atoms with van der Waals surface area (Å²) < 4.78 is 28.6. The van der Waals surface area contributed by atoms with Crippen molar-refractivity contribution in [2.45, 2.75) is 61.9 Å². The lowest BCUT2D eigenvalue weighted by Crippen LogP contribution is -2.70. The molecule has 2 aliphatic heterocycles. The molecule has 2 fully saturated rings. The maximum absolute atomic E-state index is 14.3. The van der Waals surface area contributed by atoms with Crippen LogP contribution in [0.5, 0.6) is 0 Å². The van der Waals surface area contributed by atoms with E-state index in [-0.39, 0.29) is 18.4 Å². The van der Waals surface area contributed by atoms with Gasteiger partial charge in [-0.05, 0) is 79.1 Å². The Hall–Kier alpha value is -4.42. The minimum absolute atomic E-state index is 0.0796. The van der Waals surface area contributed by atoms with Crippen LogP contribution in [0.15, 0.2) is 54.7 Å². The van der Waals surface area contributed by atoms with Gasteiger partial charge in [-0.15, -0.1) is 0 Å². The van der Waals surface area contributed by atoms with Crippen molar-refractivity contribution >= 4 is 23.7 Å². The predicted octanol–water partition coefficient (Wildman–Crippen LogP) is 4.89. The maximum atomic E-state index is 14.3. The fraction of sp³-hybridized carbons (Fsp3) is 0.353. The van der Waals surface area contributed by atoms with E-state index in [1.54, 1.807) is 11.1 Å². The smallest absolute Gasteiger partial charge is 0.243 e. The summed E-state index contributed by atoms with van der Waals surface area (Å²) in [5.41, 5.74) is 1.98. The second kappa shape index (κ2) is 9.81. The number of halogens is 2. The number of nitrogens with one attached hydrogen (secondary N) is 2. The first-order valence-electron chi connectivity index (χ1n) is 14.7. The van der Waals surface area contributed by atoms with Gasteiger partial charge in [0.15, 0.2) is 0 Å². The Kier molecular flexibility index (Phi) is 6.26. The monoisotopic (exact) mass is 579 g/mol. The van der Waals surface area contributed by atoms with Gasteiger partial charge in [-0.3, -0.25) is 9.59 Å².